The van der Waals surface area contributed by atoms with Gasteiger partial charge in [0.15, 0.2) is 0 Å². The second-order valence-electron chi connectivity index (χ2n) is 16.6. The summed E-state index contributed by atoms with van der Waals surface area (Å²) in [7, 11) is 0. The van der Waals surface area contributed by atoms with Crippen molar-refractivity contribution in [3.05, 3.63) is 11.6 Å². The van der Waals surface area contributed by atoms with Crippen LogP contribution in [-0.4, -0.2) is 53.3 Å². The second kappa shape index (κ2) is 15.6. The smallest absolute Gasteiger partial charge is 0.407 e. The zero-order valence-electron chi connectivity index (χ0n) is 29.4. The van der Waals surface area contributed by atoms with Gasteiger partial charge in [-0.3, -0.25) is 4.79 Å². The molecule has 0 bridgehead atoms. The number of allylic oxidation sites excluding steroid dienone is 1. The number of alkyl carbamates (subject to hydrolysis) is 1. The molecule has 1 aliphatic heterocycles. The van der Waals surface area contributed by atoms with Crippen LogP contribution >= 0.6 is 0 Å². The minimum Gasteiger partial charge on any atom is -0.446 e. The second-order valence-corrected chi connectivity index (χ2v) is 16.6. The van der Waals surface area contributed by atoms with E-state index in [4.69, 9.17) is 4.74 Å². The first-order chi connectivity index (χ1) is 21.6. The van der Waals surface area contributed by atoms with Crippen LogP contribution in [0.1, 0.15) is 144 Å². The van der Waals surface area contributed by atoms with Crippen molar-refractivity contribution in [3.63, 3.8) is 0 Å². The van der Waals surface area contributed by atoms with Crippen molar-refractivity contribution in [2.45, 2.75) is 162 Å². The van der Waals surface area contributed by atoms with E-state index < -0.39 is 0 Å². The van der Waals surface area contributed by atoms with Crippen LogP contribution in [0.3, 0.4) is 0 Å². The number of fused-ring (bicyclic) bond motifs is 5. The summed E-state index contributed by atoms with van der Waals surface area (Å²) >= 11 is 0. The van der Waals surface area contributed by atoms with Crippen molar-refractivity contribution in [1.82, 2.24) is 10.2 Å². The first kappa shape index (κ1) is 34.8. The largest absolute Gasteiger partial charge is 0.446 e. The number of β-amino-alcohol motifs (C(OH)–C–C–N with tert-alkyl or cyclic N) is 1. The molecule has 2 amide bonds. The van der Waals surface area contributed by atoms with Crippen molar-refractivity contribution in [1.29, 1.82) is 0 Å². The number of nitrogens with one attached hydrogen (secondary N) is 1. The number of amides is 2. The molecule has 5 rings (SSSR count). The molecule has 3 saturated carbocycles. The number of aliphatic hydroxyl groups excluding tert-OH is 1. The van der Waals surface area contributed by atoms with E-state index in [-0.39, 0.29) is 35.7 Å². The van der Waals surface area contributed by atoms with Gasteiger partial charge in [0.25, 0.3) is 0 Å². The highest BCUT2D eigenvalue weighted by Gasteiger charge is 2.54. The summed E-state index contributed by atoms with van der Waals surface area (Å²) in [5, 5.41) is 12.9. The molecule has 2 N–H and O–H groups in total. The van der Waals surface area contributed by atoms with Gasteiger partial charge in [-0.2, -0.15) is 0 Å². The minimum atomic E-state index is -0.378. The van der Waals surface area contributed by atoms with Crippen LogP contribution in [0.25, 0.3) is 0 Å². The summed E-state index contributed by atoms with van der Waals surface area (Å²) < 4.78 is 5.95. The number of likely N-dealkylation sites (tertiary alicyclic amines) is 1. The van der Waals surface area contributed by atoms with Crippen LogP contribution in [0.5, 0.6) is 0 Å². The molecule has 10 atom stereocenters. The molecule has 4 fully saturated rings. The van der Waals surface area contributed by atoms with E-state index in [9.17, 15) is 14.7 Å². The number of nitrogens with zero attached hydrogens (tertiary/aromatic N) is 1. The molecular weight excluding hydrogens is 560 g/mol. The molecule has 0 aromatic rings. The predicted molar refractivity (Wildman–Crippen MR) is 182 cm³/mol. The maximum absolute atomic E-state index is 12.7. The highest BCUT2D eigenvalue weighted by molar-refractivity contribution is 5.76. The van der Waals surface area contributed by atoms with Gasteiger partial charge in [0.2, 0.25) is 5.91 Å². The average molecular weight is 627 g/mol. The van der Waals surface area contributed by atoms with E-state index in [2.05, 4.69) is 46.0 Å². The van der Waals surface area contributed by atoms with Gasteiger partial charge in [-0.25, -0.2) is 4.79 Å². The lowest BCUT2D eigenvalue weighted by Crippen LogP contribution is -2.48. The zero-order valence-corrected chi connectivity index (χ0v) is 29.4. The molecule has 5 aliphatic rings. The molecule has 0 aromatic carbocycles. The number of hydrogen-bond acceptors (Lipinski definition) is 4. The number of unbranched alkanes of at least 4 members (excludes halogenated alkanes) is 2. The molecular formula is C39H66N2O4. The van der Waals surface area contributed by atoms with Crippen molar-refractivity contribution < 1.29 is 19.4 Å². The van der Waals surface area contributed by atoms with Crippen LogP contribution in [0.2, 0.25) is 0 Å². The first-order valence-electron chi connectivity index (χ1n) is 19.2. The number of carbonyl (C=O) groups is 2. The van der Waals surface area contributed by atoms with E-state index in [0.29, 0.717) is 25.9 Å². The van der Waals surface area contributed by atoms with Gasteiger partial charge in [0, 0.05) is 32.0 Å². The molecule has 4 aliphatic carbocycles. The summed E-state index contributed by atoms with van der Waals surface area (Å²) in [6.07, 6.45) is 20.8. The topological polar surface area (TPSA) is 78.9 Å². The lowest BCUT2D eigenvalue weighted by molar-refractivity contribution is -0.132. The Bertz CT molecular complexity index is 1030. The Morgan fingerprint density at radius 2 is 1.82 bits per heavy atom. The van der Waals surface area contributed by atoms with Gasteiger partial charge in [0.1, 0.15) is 6.10 Å². The third-order valence-electron chi connectivity index (χ3n) is 13.4. The van der Waals surface area contributed by atoms with Crippen molar-refractivity contribution >= 4 is 12.0 Å². The van der Waals surface area contributed by atoms with E-state index >= 15 is 0 Å². The standard InChI is InChI=1S/C39H66N2O4/c1-6-29-24-30(42)25-41(29)37(43)13-8-7-9-22-40-38(44)45-31-20-21-39(5)28(23-31)14-15-35-34-17-16-32(33(34)18-19-36(35)39)27(4)12-10-11-26(2)3/h14,26-27,29-36,42H,6-13,15-25H2,1-5H3,(H,40,44)/t27-,29-,30-,31+,32-,33?,34-,35+,36+,39+/m1/s1. The third kappa shape index (κ3) is 8.12. The molecule has 6 nitrogen and oxygen atoms in total. The summed E-state index contributed by atoms with van der Waals surface area (Å²) in [5.74, 6) is 6.35. The predicted octanol–water partition coefficient (Wildman–Crippen LogP) is 8.66. The maximum Gasteiger partial charge on any atom is 0.407 e. The lowest BCUT2D eigenvalue weighted by Gasteiger charge is -2.55. The Balaban J connectivity index is 1.02. The highest BCUT2D eigenvalue weighted by Crippen LogP contribution is 2.63. The number of ether oxygens (including phenoxy) is 1. The fraction of sp³-hybridized carbons (Fsp3) is 0.897. The maximum atomic E-state index is 12.7. The van der Waals surface area contributed by atoms with Gasteiger partial charge in [-0.05, 0) is 117 Å². The van der Waals surface area contributed by atoms with Crippen LogP contribution in [0, 0.1) is 46.8 Å². The summed E-state index contributed by atoms with van der Waals surface area (Å²) in [6.45, 7) is 13.0. The number of hydrogen-bond donors (Lipinski definition) is 2. The summed E-state index contributed by atoms with van der Waals surface area (Å²) in [5.41, 5.74) is 1.86. The SMILES string of the molecule is CC[C@@H]1C[C@@H](O)CN1C(=O)CCCCCNC(=O)O[C@H]1CC[C@@]2(C)C(=CC[C@H]3[C@@H]4CC[C@H]([C@H](C)CCCC(C)C)C4CC[C@@H]32)C1. The molecule has 6 heteroatoms. The van der Waals surface area contributed by atoms with E-state index in [1.54, 1.807) is 5.57 Å². The molecule has 0 spiro atoms. The van der Waals surface area contributed by atoms with Gasteiger partial charge in [-0.1, -0.05) is 72.0 Å². The van der Waals surface area contributed by atoms with E-state index in [1.807, 2.05) is 4.90 Å². The van der Waals surface area contributed by atoms with Crippen molar-refractivity contribution in [3.8, 4) is 0 Å². The Hall–Kier alpha value is -1.56. The fourth-order valence-electron chi connectivity index (χ4n) is 10.9. The summed E-state index contributed by atoms with van der Waals surface area (Å²) in [6, 6.07) is 0.181. The molecule has 1 saturated heterocycles. The van der Waals surface area contributed by atoms with E-state index in [1.165, 1.54) is 51.4 Å². The molecule has 1 heterocycles. The fourth-order valence-corrected chi connectivity index (χ4v) is 10.9. The Morgan fingerprint density at radius 1 is 1.02 bits per heavy atom. The summed E-state index contributed by atoms with van der Waals surface area (Å²) in [4.78, 5) is 27.1. The Labute approximate surface area is 274 Å². The quantitative estimate of drug-likeness (QED) is 0.158. The number of rotatable bonds is 13. The normalized spacial score (nSPS) is 36.6. The van der Waals surface area contributed by atoms with E-state index in [0.717, 1.165) is 86.4 Å². The third-order valence-corrected chi connectivity index (χ3v) is 13.4. The zero-order chi connectivity index (χ0) is 32.1. The van der Waals surface area contributed by atoms with Crippen molar-refractivity contribution in [2.75, 3.05) is 13.1 Å². The van der Waals surface area contributed by atoms with Gasteiger partial charge in [0.05, 0.1) is 6.10 Å². The molecule has 0 radical (unpaired) electrons. The first-order valence-corrected chi connectivity index (χ1v) is 19.2. The average Bonchev–Trinajstić information content (AvgIpc) is 3.62. The van der Waals surface area contributed by atoms with Crippen LogP contribution in [-0.2, 0) is 9.53 Å². The molecule has 256 valence electrons. The number of aliphatic hydroxyl groups is 1. The lowest BCUT2D eigenvalue weighted by atomic mass is 9.50. The molecule has 45 heavy (non-hydrogen) atoms. The van der Waals surface area contributed by atoms with Crippen molar-refractivity contribution in [2.24, 2.45) is 46.8 Å². The monoisotopic (exact) mass is 627 g/mol. The van der Waals surface area contributed by atoms with Crippen LogP contribution in [0.15, 0.2) is 11.6 Å². The minimum absolute atomic E-state index is 0.0142. The molecule has 0 aromatic heterocycles. The number of carbonyl (C=O) groups excluding carboxylic acids is 2. The van der Waals surface area contributed by atoms with Gasteiger partial charge < -0.3 is 20.1 Å². The van der Waals surface area contributed by atoms with Crippen LogP contribution in [0.4, 0.5) is 4.79 Å². The van der Waals surface area contributed by atoms with Gasteiger partial charge >= 0.3 is 6.09 Å². The van der Waals surface area contributed by atoms with Gasteiger partial charge in [-0.15, -0.1) is 0 Å². The molecule has 1 unspecified atom stereocenters. The Morgan fingerprint density at radius 3 is 2.60 bits per heavy atom. The Kier molecular flexibility index (Phi) is 12.0. The van der Waals surface area contributed by atoms with Crippen LogP contribution < -0.4 is 5.32 Å². The highest BCUT2D eigenvalue weighted by atomic mass is 16.6.